The lowest BCUT2D eigenvalue weighted by Crippen LogP contribution is -2.31. The van der Waals surface area contributed by atoms with Crippen LogP contribution in [-0.4, -0.2) is 44.4 Å². The zero-order valence-electron chi connectivity index (χ0n) is 18.6. The molecule has 0 aliphatic carbocycles. The number of Topliss-reactive ketones (excluding diaryl/α,β-unsaturated/α-hetero) is 1. The van der Waals surface area contributed by atoms with Crippen LogP contribution in [0, 0.1) is 6.92 Å². The number of carbonyl (C=O) groups is 2. The number of hydrogen-bond acceptors (Lipinski definition) is 6. The highest BCUT2D eigenvalue weighted by atomic mass is 32.2. The van der Waals surface area contributed by atoms with Gasteiger partial charge < -0.3 is 14.5 Å². The largest absolute Gasteiger partial charge is 0.495 e. The van der Waals surface area contributed by atoms with Crippen molar-refractivity contribution in [2.45, 2.75) is 44.7 Å². The van der Waals surface area contributed by atoms with E-state index in [1.54, 1.807) is 20.8 Å². The van der Waals surface area contributed by atoms with Gasteiger partial charge >= 0.3 is 5.97 Å². The minimum absolute atomic E-state index is 0.00905. The van der Waals surface area contributed by atoms with Crippen molar-refractivity contribution in [2.24, 2.45) is 0 Å². The molecule has 9 heteroatoms. The Morgan fingerprint density at radius 1 is 1.06 bits per heavy atom. The molecule has 1 atom stereocenters. The molecule has 0 saturated heterocycles. The van der Waals surface area contributed by atoms with Crippen molar-refractivity contribution in [3.05, 3.63) is 59.3 Å². The second-order valence-corrected chi connectivity index (χ2v) is 9.41. The minimum Gasteiger partial charge on any atom is -0.495 e. The highest BCUT2D eigenvalue weighted by molar-refractivity contribution is 7.89. The van der Waals surface area contributed by atoms with Crippen LogP contribution >= 0.6 is 0 Å². The number of aromatic amines is 1. The number of rotatable bonds is 8. The van der Waals surface area contributed by atoms with Gasteiger partial charge in [-0.25, -0.2) is 17.9 Å². The number of carbonyl (C=O) groups excluding carboxylic acids is 2. The summed E-state index contributed by atoms with van der Waals surface area (Å²) in [7, 11) is -2.58. The Kier molecular flexibility index (Phi) is 6.71. The molecule has 0 aliphatic rings. The molecule has 0 bridgehead atoms. The Labute approximate surface area is 187 Å². The minimum atomic E-state index is -3.92. The third kappa shape index (κ3) is 4.68. The molecule has 0 amide bonds. The molecule has 2 aromatic carbocycles. The van der Waals surface area contributed by atoms with E-state index in [-0.39, 0.29) is 28.0 Å². The zero-order valence-corrected chi connectivity index (χ0v) is 19.4. The van der Waals surface area contributed by atoms with Crippen molar-refractivity contribution in [3.8, 4) is 5.75 Å². The van der Waals surface area contributed by atoms with Gasteiger partial charge in [-0.15, -0.1) is 0 Å². The summed E-state index contributed by atoms with van der Waals surface area (Å²) in [5, 5.41) is 0.746. The maximum absolute atomic E-state index is 13.0. The van der Waals surface area contributed by atoms with E-state index in [0.717, 1.165) is 10.9 Å². The van der Waals surface area contributed by atoms with E-state index >= 15 is 0 Å². The van der Waals surface area contributed by atoms with Crippen molar-refractivity contribution >= 4 is 32.7 Å². The number of hydrogen-bond donors (Lipinski definition) is 2. The molecule has 8 nitrogen and oxygen atoms in total. The second kappa shape index (κ2) is 9.13. The fraction of sp³-hybridized carbons (Fsp3) is 0.304. The van der Waals surface area contributed by atoms with E-state index in [9.17, 15) is 18.0 Å². The summed E-state index contributed by atoms with van der Waals surface area (Å²) >= 11 is 0. The number of para-hydroxylation sites is 1. The zero-order chi connectivity index (χ0) is 23.6. The topological polar surface area (TPSA) is 115 Å². The number of H-pyrrole nitrogens is 1. The fourth-order valence-electron chi connectivity index (χ4n) is 3.47. The van der Waals surface area contributed by atoms with Crippen molar-refractivity contribution in [1.29, 1.82) is 0 Å². The maximum Gasteiger partial charge on any atom is 0.338 e. The molecule has 3 rings (SSSR count). The summed E-state index contributed by atoms with van der Waals surface area (Å²) in [6.07, 6.45) is -1.07. The number of methoxy groups -OCH3 is 1. The van der Waals surface area contributed by atoms with Crippen LogP contribution in [0.4, 0.5) is 0 Å². The van der Waals surface area contributed by atoms with Crippen LogP contribution in [0.5, 0.6) is 5.75 Å². The summed E-state index contributed by atoms with van der Waals surface area (Å²) in [6, 6.07) is 11.0. The quantitative estimate of drug-likeness (QED) is 0.394. The highest BCUT2D eigenvalue weighted by Crippen LogP contribution is 2.27. The third-order valence-corrected chi connectivity index (χ3v) is 6.55. The first-order valence-corrected chi connectivity index (χ1v) is 11.6. The number of nitrogens with one attached hydrogen (secondary N) is 2. The first-order valence-electron chi connectivity index (χ1n) is 10.1. The number of aromatic nitrogens is 1. The number of ketones is 1. The Bertz CT molecular complexity index is 1280. The number of esters is 1. The number of aryl methyl sites for hydroxylation is 1. The van der Waals surface area contributed by atoms with Gasteiger partial charge in [0.05, 0.1) is 12.7 Å². The summed E-state index contributed by atoms with van der Waals surface area (Å²) in [6.45, 7) is 6.64. The lowest BCUT2D eigenvalue weighted by molar-refractivity contribution is 0.0319. The van der Waals surface area contributed by atoms with E-state index in [1.807, 2.05) is 24.3 Å². The Morgan fingerprint density at radius 2 is 1.75 bits per heavy atom. The maximum atomic E-state index is 13.0. The molecule has 0 spiro atoms. The van der Waals surface area contributed by atoms with Gasteiger partial charge in [0, 0.05) is 28.2 Å². The van der Waals surface area contributed by atoms with Crippen LogP contribution in [0.2, 0.25) is 0 Å². The average Bonchev–Trinajstić information content (AvgIpc) is 3.07. The number of benzene rings is 2. The Hall–Kier alpha value is -3.17. The summed E-state index contributed by atoms with van der Waals surface area (Å²) in [5.41, 5.74) is 1.94. The normalized spacial score (nSPS) is 12.7. The van der Waals surface area contributed by atoms with Crippen molar-refractivity contribution in [2.75, 3.05) is 7.11 Å². The Morgan fingerprint density at radius 3 is 2.41 bits per heavy atom. The average molecular weight is 459 g/mol. The SMILES string of the molecule is COc1ccc(C(=O)OC(C)C(=O)c2c(C)[nH]c3ccccc23)cc1S(=O)(=O)NC(C)C. The van der Waals surface area contributed by atoms with Gasteiger partial charge in [-0.2, -0.15) is 0 Å². The molecule has 32 heavy (non-hydrogen) atoms. The molecular weight excluding hydrogens is 432 g/mol. The van der Waals surface area contributed by atoms with Crippen LogP contribution in [0.1, 0.15) is 47.2 Å². The molecule has 1 aromatic heterocycles. The molecule has 0 saturated carbocycles. The fourth-order valence-corrected chi connectivity index (χ4v) is 4.91. The van der Waals surface area contributed by atoms with Gasteiger partial charge in [0.1, 0.15) is 10.6 Å². The van der Waals surface area contributed by atoms with Gasteiger partial charge in [-0.1, -0.05) is 18.2 Å². The van der Waals surface area contributed by atoms with Gasteiger partial charge in [0.15, 0.2) is 6.10 Å². The Balaban J connectivity index is 1.87. The number of ether oxygens (including phenoxy) is 2. The van der Waals surface area contributed by atoms with Crippen molar-refractivity contribution in [3.63, 3.8) is 0 Å². The summed E-state index contributed by atoms with van der Waals surface area (Å²) < 4.78 is 38.3. The molecule has 3 aromatic rings. The summed E-state index contributed by atoms with van der Waals surface area (Å²) in [4.78, 5) is 28.7. The first kappa shape index (κ1) is 23.5. The molecule has 1 unspecified atom stereocenters. The summed E-state index contributed by atoms with van der Waals surface area (Å²) in [5.74, 6) is -1.07. The molecule has 0 fully saturated rings. The van der Waals surface area contributed by atoms with Crippen LogP contribution in [0.15, 0.2) is 47.4 Å². The third-order valence-electron chi connectivity index (χ3n) is 4.87. The smallest absolute Gasteiger partial charge is 0.338 e. The number of sulfonamides is 1. The van der Waals surface area contributed by atoms with E-state index in [4.69, 9.17) is 9.47 Å². The van der Waals surface area contributed by atoms with Crippen LogP contribution in [-0.2, 0) is 14.8 Å². The first-order chi connectivity index (χ1) is 15.0. The second-order valence-electron chi connectivity index (χ2n) is 7.72. The molecular formula is C23H26N2O6S. The van der Waals surface area contributed by atoms with E-state index in [0.29, 0.717) is 11.3 Å². The van der Waals surface area contributed by atoms with Crippen molar-refractivity contribution in [1.82, 2.24) is 9.71 Å². The molecule has 0 radical (unpaired) electrons. The monoisotopic (exact) mass is 458 g/mol. The molecule has 0 aliphatic heterocycles. The van der Waals surface area contributed by atoms with E-state index < -0.39 is 22.1 Å². The standard InChI is InChI=1S/C23H26N2O6S/c1-13(2)25-32(28,29)20-12-16(10-11-19(20)30-5)23(27)31-15(4)22(26)21-14(3)24-18-9-7-6-8-17(18)21/h6-13,15,24-25H,1-5H3. The molecule has 170 valence electrons. The van der Waals surface area contributed by atoms with Gasteiger partial charge in [0.2, 0.25) is 15.8 Å². The van der Waals surface area contributed by atoms with E-state index in [2.05, 4.69) is 9.71 Å². The van der Waals surface area contributed by atoms with Gasteiger partial charge in [0.25, 0.3) is 0 Å². The predicted octanol–water partition coefficient (Wildman–Crippen LogP) is 3.60. The molecule has 1 heterocycles. The predicted molar refractivity (Wildman–Crippen MR) is 121 cm³/mol. The van der Waals surface area contributed by atoms with Gasteiger partial charge in [-0.05, 0) is 52.0 Å². The van der Waals surface area contributed by atoms with Gasteiger partial charge in [-0.3, -0.25) is 4.79 Å². The lowest BCUT2D eigenvalue weighted by Gasteiger charge is -2.15. The van der Waals surface area contributed by atoms with E-state index in [1.165, 1.54) is 32.2 Å². The highest BCUT2D eigenvalue weighted by Gasteiger charge is 2.27. The lowest BCUT2D eigenvalue weighted by atomic mass is 10.0. The van der Waals surface area contributed by atoms with Crippen LogP contribution in [0.3, 0.4) is 0 Å². The van der Waals surface area contributed by atoms with Crippen molar-refractivity contribution < 1.29 is 27.5 Å². The number of fused-ring (bicyclic) bond motifs is 1. The van der Waals surface area contributed by atoms with Crippen LogP contribution < -0.4 is 9.46 Å². The van der Waals surface area contributed by atoms with Crippen LogP contribution in [0.25, 0.3) is 10.9 Å². The molecule has 2 N–H and O–H groups in total.